The minimum absolute atomic E-state index is 0.0245. The lowest BCUT2D eigenvalue weighted by Gasteiger charge is -2.31. The van der Waals surface area contributed by atoms with Crippen LogP contribution in [0.5, 0.6) is 0 Å². The average Bonchev–Trinajstić information content (AvgIpc) is 3.35. The summed E-state index contributed by atoms with van der Waals surface area (Å²) in [4.78, 5) is 24.4. The normalized spacial score (nSPS) is 16.5. The molecule has 1 N–H and O–H groups in total. The Morgan fingerprint density at radius 1 is 1.30 bits per heavy atom. The number of hydrogen-bond acceptors (Lipinski definition) is 5. The summed E-state index contributed by atoms with van der Waals surface area (Å²) >= 11 is 1.67. The van der Waals surface area contributed by atoms with Gasteiger partial charge < -0.3 is 9.88 Å². The largest absolute Gasteiger partial charge is 0.342 e. The molecule has 1 aliphatic heterocycles. The molecule has 0 radical (unpaired) electrons. The molecule has 0 bridgehead atoms. The number of benzene rings is 1. The van der Waals surface area contributed by atoms with Crippen LogP contribution in [-0.2, 0) is 18.4 Å². The van der Waals surface area contributed by atoms with Crippen LogP contribution >= 0.6 is 11.3 Å². The second-order valence-corrected chi connectivity index (χ2v) is 8.86. The quantitative estimate of drug-likeness (QED) is 0.655. The molecule has 8 heteroatoms. The molecule has 6 nitrogen and oxygen atoms in total. The van der Waals surface area contributed by atoms with Gasteiger partial charge in [-0.05, 0) is 50.6 Å². The maximum absolute atomic E-state index is 13.4. The lowest BCUT2D eigenvalue weighted by atomic mass is 9.94. The Bertz CT molecular complexity index is 991. The smallest absolute Gasteiger partial charge is 0.224 e. The lowest BCUT2D eigenvalue weighted by Crippen LogP contribution is -2.42. The maximum Gasteiger partial charge on any atom is 0.224 e. The predicted molar refractivity (Wildman–Crippen MR) is 114 cm³/mol. The van der Waals surface area contributed by atoms with Crippen LogP contribution in [0.15, 0.2) is 42.0 Å². The van der Waals surface area contributed by atoms with Crippen LogP contribution in [-0.4, -0.2) is 38.4 Å². The second kappa shape index (κ2) is 9.06. The van der Waals surface area contributed by atoms with E-state index >= 15 is 0 Å². The molecule has 1 atom stereocenters. The van der Waals surface area contributed by atoms with Gasteiger partial charge in [0.15, 0.2) is 0 Å². The first-order chi connectivity index (χ1) is 14.5. The fraction of sp³-hybridized carbons (Fsp3) is 0.409. The number of thiazole rings is 1. The van der Waals surface area contributed by atoms with Crippen molar-refractivity contribution in [1.29, 1.82) is 0 Å². The van der Waals surface area contributed by atoms with E-state index in [0.29, 0.717) is 0 Å². The van der Waals surface area contributed by atoms with Crippen LogP contribution < -0.4 is 5.32 Å². The molecule has 1 saturated heterocycles. The summed E-state index contributed by atoms with van der Waals surface area (Å²) in [5.41, 5.74) is 1.92. The highest BCUT2D eigenvalue weighted by Crippen LogP contribution is 2.24. The number of nitrogens with zero attached hydrogens (tertiary/aromatic N) is 4. The number of rotatable bonds is 6. The molecule has 1 unspecified atom stereocenters. The van der Waals surface area contributed by atoms with E-state index in [1.54, 1.807) is 29.7 Å². The van der Waals surface area contributed by atoms with Crippen LogP contribution in [0.2, 0.25) is 0 Å². The summed E-state index contributed by atoms with van der Waals surface area (Å²) < 4.78 is 15.3. The van der Waals surface area contributed by atoms with Gasteiger partial charge in [0.05, 0.1) is 10.7 Å². The number of carbonyl (C=O) groups is 1. The van der Waals surface area contributed by atoms with Crippen molar-refractivity contribution < 1.29 is 9.18 Å². The molecule has 0 aliphatic carbocycles. The minimum atomic E-state index is -0.408. The number of imidazole rings is 1. The average molecular weight is 428 g/mol. The Morgan fingerprint density at radius 3 is 2.63 bits per heavy atom. The van der Waals surface area contributed by atoms with Crippen LogP contribution in [0.4, 0.5) is 4.39 Å². The SMILES string of the molecule is Cc1nc(CN2CCC(C(=O)NC(c3ccc(F)cc3)c3nccn3C)CC2)cs1. The molecule has 4 rings (SSSR count). The minimum Gasteiger partial charge on any atom is -0.342 e. The fourth-order valence-corrected chi connectivity index (χ4v) is 4.53. The van der Waals surface area contributed by atoms with Crippen molar-refractivity contribution in [3.8, 4) is 0 Å². The second-order valence-electron chi connectivity index (χ2n) is 7.80. The first kappa shape index (κ1) is 20.7. The highest BCUT2D eigenvalue weighted by Gasteiger charge is 2.29. The highest BCUT2D eigenvalue weighted by molar-refractivity contribution is 7.09. The zero-order valence-corrected chi connectivity index (χ0v) is 18.0. The van der Waals surface area contributed by atoms with Crippen LogP contribution in [0.25, 0.3) is 0 Å². The number of piperidine rings is 1. The van der Waals surface area contributed by atoms with Crippen LogP contribution in [0.3, 0.4) is 0 Å². The zero-order valence-electron chi connectivity index (χ0n) is 17.2. The maximum atomic E-state index is 13.4. The molecule has 1 aliphatic rings. The van der Waals surface area contributed by atoms with Crippen molar-refractivity contribution in [3.63, 3.8) is 0 Å². The number of aryl methyl sites for hydroxylation is 2. The van der Waals surface area contributed by atoms with Crippen LogP contribution in [0, 0.1) is 18.7 Å². The molecule has 1 fully saturated rings. The van der Waals surface area contributed by atoms with Crippen molar-refractivity contribution in [2.45, 2.75) is 32.4 Å². The van der Waals surface area contributed by atoms with Crippen molar-refractivity contribution >= 4 is 17.2 Å². The van der Waals surface area contributed by atoms with Gasteiger partial charge in [0.2, 0.25) is 5.91 Å². The fourth-order valence-electron chi connectivity index (χ4n) is 3.93. The van der Waals surface area contributed by atoms with E-state index < -0.39 is 6.04 Å². The molecular weight excluding hydrogens is 401 g/mol. The zero-order chi connectivity index (χ0) is 21.1. The van der Waals surface area contributed by atoms with E-state index in [9.17, 15) is 9.18 Å². The number of carbonyl (C=O) groups excluding carboxylic acids is 1. The highest BCUT2D eigenvalue weighted by atomic mass is 32.1. The molecule has 30 heavy (non-hydrogen) atoms. The Kier molecular flexibility index (Phi) is 6.24. The van der Waals surface area contributed by atoms with Gasteiger partial charge in [-0.3, -0.25) is 9.69 Å². The standard InChI is InChI=1S/C22H26FN5OS/c1-15-25-19(14-30-15)13-28-10-7-17(8-11-28)22(29)26-20(21-24-9-12-27(21)2)16-3-5-18(23)6-4-16/h3-6,9,12,14,17,20H,7-8,10-11,13H2,1-2H3,(H,26,29). The number of hydrogen-bond donors (Lipinski definition) is 1. The van der Waals surface area contributed by atoms with Gasteiger partial charge in [0.1, 0.15) is 17.7 Å². The Hall–Kier alpha value is -2.58. The summed E-state index contributed by atoms with van der Waals surface area (Å²) in [6.07, 6.45) is 5.17. The number of amides is 1. The number of likely N-dealkylation sites (tertiary alicyclic amines) is 1. The molecule has 2 aromatic heterocycles. The molecular formula is C22H26FN5OS. The number of nitrogens with one attached hydrogen (secondary N) is 1. The van der Waals surface area contributed by atoms with E-state index in [4.69, 9.17) is 0 Å². The van der Waals surface area contributed by atoms with Gasteiger partial charge in [-0.25, -0.2) is 14.4 Å². The summed E-state index contributed by atoms with van der Waals surface area (Å²) in [7, 11) is 1.89. The lowest BCUT2D eigenvalue weighted by molar-refractivity contribution is -0.127. The molecule has 1 aromatic carbocycles. The first-order valence-corrected chi connectivity index (χ1v) is 11.0. The molecule has 1 amide bonds. The third-order valence-electron chi connectivity index (χ3n) is 5.62. The number of halogens is 1. The van der Waals surface area contributed by atoms with Gasteiger partial charge in [-0.15, -0.1) is 11.3 Å². The van der Waals surface area contributed by atoms with Gasteiger partial charge >= 0.3 is 0 Å². The Labute approximate surface area is 179 Å². The molecule has 3 heterocycles. The van der Waals surface area contributed by atoms with Gasteiger partial charge in [0, 0.05) is 37.3 Å². The molecule has 158 valence electrons. The van der Waals surface area contributed by atoms with Gasteiger partial charge in [-0.2, -0.15) is 0 Å². The van der Waals surface area contributed by atoms with Crippen molar-refractivity contribution in [2.75, 3.05) is 13.1 Å². The van der Waals surface area contributed by atoms with Gasteiger partial charge in [0.25, 0.3) is 0 Å². The predicted octanol–water partition coefficient (Wildman–Crippen LogP) is 3.44. The van der Waals surface area contributed by atoms with E-state index in [1.165, 1.54) is 12.1 Å². The van der Waals surface area contributed by atoms with E-state index in [0.717, 1.165) is 54.6 Å². The summed E-state index contributed by atoms with van der Waals surface area (Å²) in [5.74, 6) is 0.413. The van der Waals surface area contributed by atoms with Gasteiger partial charge in [-0.1, -0.05) is 12.1 Å². The van der Waals surface area contributed by atoms with Crippen molar-refractivity contribution in [2.24, 2.45) is 13.0 Å². The topological polar surface area (TPSA) is 63.1 Å². The molecule has 0 spiro atoms. The molecule has 0 saturated carbocycles. The summed E-state index contributed by atoms with van der Waals surface area (Å²) in [5, 5.41) is 6.35. The van der Waals surface area contributed by atoms with Crippen LogP contribution in [0.1, 0.15) is 41.0 Å². The summed E-state index contributed by atoms with van der Waals surface area (Å²) in [6.45, 7) is 4.60. The van der Waals surface area contributed by atoms with E-state index in [2.05, 4.69) is 25.6 Å². The summed E-state index contributed by atoms with van der Waals surface area (Å²) in [6, 6.07) is 5.82. The Morgan fingerprint density at radius 2 is 2.03 bits per heavy atom. The third kappa shape index (κ3) is 4.76. The third-order valence-corrected chi connectivity index (χ3v) is 6.44. The number of aromatic nitrogens is 3. The van der Waals surface area contributed by atoms with Crippen molar-refractivity contribution in [1.82, 2.24) is 24.8 Å². The first-order valence-electron chi connectivity index (χ1n) is 10.2. The van der Waals surface area contributed by atoms with E-state index in [-0.39, 0.29) is 17.6 Å². The van der Waals surface area contributed by atoms with E-state index in [1.807, 2.05) is 24.7 Å². The molecule has 3 aromatic rings. The van der Waals surface area contributed by atoms with Crippen molar-refractivity contribution in [3.05, 3.63) is 69.9 Å². The Balaban J connectivity index is 1.40. The monoisotopic (exact) mass is 427 g/mol.